The Morgan fingerprint density at radius 1 is 1.00 bits per heavy atom. The number of rotatable bonds is 3. The third kappa shape index (κ3) is 3.17. The summed E-state index contributed by atoms with van der Waals surface area (Å²) in [5.41, 5.74) is 3.56. The fourth-order valence-corrected chi connectivity index (χ4v) is 3.93. The van der Waals surface area contributed by atoms with E-state index in [9.17, 15) is 5.11 Å². The summed E-state index contributed by atoms with van der Waals surface area (Å²) in [7, 11) is -0.449. The molecule has 3 aliphatic rings. The first kappa shape index (κ1) is 19.2. The fraction of sp³-hybridized carbons (Fsp3) is 0.619. The van der Waals surface area contributed by atoms with Crippen LogP contribution in [0, 0.1) is 6.92 Å². The highest BCUT2D eigenvalue weighted by Gasteiger charge is 2.52. The average molecular weight is 372 g/mol. The van der Waals surface area contributed by atoms with Crippen LogP contribution in [0.5, 0.6) is 0 Å². The van der Waals surface area contributed by atoms with Gasteiger partial charge in [-0.25, -0.2) is 0 Å². The summed E-state index contributed by atoms with van der Waals surface area (Å²) in [6.45, 7) is 12.2. The molecule has 0 unspecified atom stereocenters. The van der Waals surface area contributed by atoms with Crippen molar-refractivity contribution in [2.24, 2.45) is 0 Å². The van der Waals surface area contributed by atoms with Crippen LogP contribution in [0.4, 0.5) is 0 Å². The molecule has 0 radical (unpaired) electrons. The number of benzene rings is 1. The molecular formula is C21H29BO5. The molecule has 3 heterocycles. The van der Waals surface area contributed by atoms with E-state index in [2.05, 4.69) is 46.8 Å². The summed E-state index contributed by atoms with van der Waals surface area (Å²) < 4.78 is 23.3. The van der Waals surface area contributed by atoms with Crippen LogP contribution >= 0.6 is 0 Å². The zero-order valence-corrected chi connectivity index (χ0v) is 16.9. The lowest BCUT2D eigenvalue weighted by molar-refractivity contribution is -0.184. The van der Waals surface area contributed by atoms with Crippen molar-refractivity contribution in [2.75, 3.05) is 26.4 Å². The van der Waals surface area contributed by atoms with Crippen LogP contribution in [0.15, 0.2) is 18.2 Å². The highest BCUT2D eigenvalue weighted by molar-refractivity contribution is 6.62. The van der Waals surface area contributed by atoms with E-state index in [1.54, 1.807) is 0 Å². The van der Waals surface area contributed by atoms with Gasteiger partial charge >= 0.3 is 7.12 Å². The van der Waals surface area contributed by atoms with Gasteiger partial charge in [-0.15, -0.1) is 0 Å². The Labute approximate surface area is 161 Å². The number of aliphatic hydroxyl groups is 1. The molecule has 5 nitrogen and oxygen atoms in total. The molecule has 0 amide bonds. The third-order valence-corrected chi connectivity index (χ3v) is 6.35. The molecule has 1 N–H and O–H groups in total. The molecule has 0 bridgehead atoms. The molecule has 1 aromatic carbocycles. The summed E-state index contributed by atoms with van der Waals surface area (Å²) in [6, 6.07) is 4.17. The monoisotopic (exact) mass is 372 g/mol. The molecule has 2 saturated heterocycles. The highest BCUT2D eigenvalue weighted by atomic mass is 16.7. The Balaban J connectivity index is 1.79. The Morgan fingerprint density at radius 2 is 1.67 bits per heavy atom. The van der Waals surface area contributed by atoms with E-state index in [1.807, 2.05) is 6.07 Å². The van der Waals surface area contributed by atoms with E-state index in [0.29, 0.717) is 26.4 Å². The molecule has 6 heteroatoms. The van der Waals surface area contributed by atoms with Gasteiger partial charge in [-0.1, -0.05) is 18.2 Å². The Morgan fingerprint density at radius 3 is 2.19 bits per heavy atom. The van der Waals surface area contributed by atoms with Gasteiger partial charge < -0.3 is 23.9 Å². The fourth-order valence-electron chi connectivity index (χ4n) is 3.93. The van der Waals surface area contributed by atoms with Gasteiger partial charge in [0.1, 0.15) is 5.60 Å². The van der Waals surface area contributed by atoms with Crippen molar-refractivity contribution in [3.05, 3.63) is 34.9 Å². The molecule has 0 aromatic heterocycles. The maximum atomic E-state index is 11.1. The van der Waals surface area contributed by atoms with Gasteiger partial charge in [-0.05, 0) is 68.8 Å². The standard InChI is InChI=1S/C21H29BO5/c1-14-10-16(22-26-19(2,3)20(4,5)27-22)11-17(21(23)12-25-13-21)18(14)15-6-8-24-9-7-15/h6,10-11,23H,7-9,12-13H2,1-5H3. The van der Waals surface area contributed by atoms with E-state index in [-0.39, 0.29) is 0 Å². The van der Waals surface area contributed by atoms with Crippen LogP contribution < -0.4 is 5.46 Å². The average Bonchev–Trinajstić information content (AvgIpc) is 2.80. The SMILES string of the molecule is Cc1cc(B2OC(C)(C)C(C)(C)O2)cc(C2(O)COC2)c1C1=CCOCC1. The van der Waals surface area contributed by atoms with Crippen molar-refractivity contribution in [2.45, 2.75) is 57.8 Å². The first-order chi connectivity index (χ1) is 12.6. The van der Waals surface area contributed by atoms with E-state index < -0.39 is 23.9 Å². The third-order valence-electron chi connectivity index (χ3n) is 6.35. The number of ether oxygens (including phenoxy) is 2. The van der Waals surface area contributed by atoms with Gasteiger partial charge in [0.15, 0.2) is 0 Å². The quantitative estimate of drug-likeness (QED) is 0.826. The van der Waals surface area contributed by atoms with E-state index in [0.717, 1.165) is 28.6 Å². The van der Waals surface area contributed by atoms with Gasteiger partial charge in [0.2, 0.25) is 0 Å². The largest absolute Gasteiger partial charge is 0.494 e. The highest BCUT2D eigenvalue weighted by Crippen LogP contribution is 2.40. The second-order valence-electron chi connectivity index (χ2n) is 8.93. The molecule has 0 aliphatic carbocycles. The summed E-state index contributed by atoms with van der Waals surface area (Å²) in [5, 5.41) is 11.1. The Bertz CT molecular complexity index is 763. The molecule has 0 atom stereocenters. The lowest BCUT2D eigenvalue weighted by atomic mass is 9.72. The summed E-state index contributed by atoms with van der Waals surface area (Å²) in [6.07, 6.45) is 2.97. The first-order valence-corrected chi connectivity index (χ1v) is 9.71. The minimum atomic E-state index is -0.959. The summed E-state index contributed by atoms with van der Waals surface area (Å²) >= 11 is 0. The lowest BCUT2D eigenvalue weighted by Gasteiger charge is -2.39. The van der Waals surface area contributed by atoms with Gasteiger partial charge in [0.05, 0.1) is 37.6 Å². The van der Waals surface area contributed by atoms with Crippen LogP contribution in [0.1, 0.15) is 50.8 Å². The van der Waals surface area contributed by atoms with Gasteiger partial charge in [-0.3, -0.25) is 0 Å². The molecule has 2 fully saturated rings. The minimum Gasteiger partial charge on any atom is -0.399 e. The molecule has 1 aromatic rings. The van der Waals surface area contributed by atoms with Crippen molar-refractivity contribution < 1.29 is 23.9 Å². The zero-order chi connectivity index (χ0) is 19.4. The first-order valence-electron chi connectivity index (χ1n) is 9.71. The normalized spacial score (nSPS) is 25.9. The second-order valence-corrected chi connectivity index (χ2v) is 8.93. The molecule has 4 rings (SSSR count). The van der Waals surface area contributed by atoms with Crippen molar-refractivity contribution in [3.63, 3.8) is 0 Å². The van der Waals surface area contributed by atoms with Crippen molar-refractivity contribution >= 4 is 18.2 Å². The van der Waals surface area contributed by atoms with E-state index in [1.165, 1.54) is 5.57 Å². The van der Waals surface area contributed by atoms with Crippen molar-refractivity contribution in [3.8, 4) is 0 Å². The number of hydrogen-bond donors (Lipinski definition) is 1. The maximum Gasteiger partial charge on any atom is 0.494 e. The Kier molecular flexibility index (Phi) is 4.56. The van der Waals surface area contributed by atoms with Crippen molar-refractivity contribution in [1.29, 1.82) is 0 Å². The van der Waals surface area contributed by atoms with Crippen LogP contribution in [0.25, 0.3) is 5.57 Å². The molecule has 27 heavy (non-hydrogen) atoms. The second kappa shape index (κ2) is 6.43. The molecule has 146 valence electrons. The van der Waals surface area contributed by atoms with Crippen molar-refractivity contribution in [1.82, 2.24) is 0 Å². The summed E-state index contributed by atoms with van der Waals surface area (Å²) in [4.78, 5) is 0. The lowest BCUT2D eigenvalue weighted by Crippen LogP contribution is -2.48. The number of aryl methyl sites for hydroxylation is 1. The molecule has 0 spiro atoms. The van der Waals surface area contributed by atoms with Crippen LogP contribution in [-0.2, 0) is 24.4 Å². The van der Waals surface area contributed by atoms with E-state index >= 15 is 0 Å². The predicted octanol–water partition coefficient (Wildman–Crippen LogP) is 2.32. The van der Waals surface area contributed by atoms with Crippen LogP contribution in [-0.4, -0.2) is 49.9 Å². The van der Waals surface area contributed by atoms with Gasteiger partial charge in [0.25, 0.3) is 0 Å². The smallest absolute Gasteiger partial charge is 0.399 e. The van der Waals surface area contributed by atoms with Gasteiger partial charge in [-0.2, -0.15) is 0 Å². The maximum absolute atomic E-state index is 11.1. The van der Waals surface area contributed by atoms with E-state index in [4.69, 9.17) is 18.8 Å². The number of hydrogen-bond acceptors (Lipinski definition) is 5. The zero-order valence-electron chi connectivity index (χ0n) is 16.9. The summed E-state index contributed by atoms with van der Waals surface area (Å²) in [5.74, 6) is 0. The Hall–Kier alpha value is -1.18. The van der Waals surface area contributed by atoms with Crippen LogP contribution in [0.2, 0.25) is 0 Å². The van der Waals surface area contributed by atoms with Crippen LogP contribution in [0.3, 0.4) is 0 Å². The molecular weight excluding hydrogens is 343 g/mol. The predicted molar refractivity (Wildman–Crippen MR) is 105 cm³/mol. The molecule has 0 saturated carbocycles. The van der Waals surface area contributed by atoms with Gasteiger partial charge in [0, 0.05) is 0 Å². The topological polar surface area (TPSA) is 57.2 Å². The minimum absolute atomic E-state index is 0.316. The molecule has 3 aliphatic heterocycles.